The number of fused-ring (bicyclic) bond motifs is 4. The molecule has 2 aromatic heterocycles. The summed E-state index contributed by atoms with van der Waals surface area (Å²) in [6.07, 6.45) is 0.536. The van der Waals surface area contributed by atoms with E-state index < -0.39 is 80.4 Å². The molecule has 2 aromatic carbocycles. The standard InChI is InChI=1S/C44H51N7O10S2/c1-8-24-20-44(24,40(54)50-63(56,57)26-14-15-26)49-38(52)33-19-36(37-28-11-9-10-12-34(28)59-21-31(39(53)51(33)37)48-42(55)61-43(4,5)6)60-35-18-30(32-22-62-41(47-32)45-23(2)3)46-29-17-25(58-7)13-16-27(29)35/h8-13,16-18,22-24,26,31,33,36-37H,1,14-15,19-21H2,2-7H3,(H,45,47)(H,48,55)(H,49,52)(H,50,54)/t24-,31?,33+,36-,37?,44?/m1/s1. The van der Waals surface area contributed by atoms with Gasteiger partial charge in [-0.3, -0.25) is 19.1 Å². The van der Waals surface area contributed by atoms with Crippen LogP contribution in [0.2, 0.25) is 0 Å². The van der Waals surface area contributed by atoms with Crippen LogP contribution in [0.1, 0.15) is 71.9 Å². The van der Waals surface area contributed by atoms with Crippen LogP contribution in [0.4, 0.5) is 9.93 Å². The van der Waals surface area contributed by atoms with Crippen molar-refractivity contribution in [2.45, 2.75) is 107 Å². The number of para-hydroxylation sites is 1. The number of aromatic nitrogens is 2. The first kappa shape index (κ1) is 43.7. The highest BCUT2D eigenvalue weighted by molar-refractivity contribution is 7.91. The maximum absolute atomic E-state index is 15.0. The number of nitrogens with one attached hydrogen (secondary N) is 4. The first-order valence-electron chi connectivity index (χ1n) is 20.8. The maximum atomic E-state index is 15.0. The Kier molecular flexibility index (Phi) is 11.5. The van der Waals surface area contributed by atoms with Gasteiger partial charge in [0.05, 0.1) is 29.6 Å². The molecule has 4 heterocycles. The van der Waals surface area contributed by atoms with E-state index in [1.807, 2.05) is 25.3 Å². The highest BCUT2D eigenvalue weighted by atomic mass is 32.2. The van der Waals surface area contributed by atoms with Crippen molar-refractivity contribution in [2.24, 2.45) is 5.92 Å². The van der Waals surface area contributed by atoms with Crippen LogP contribution in [0, 0.1) is 5.92 Å². The number of hydrogen-bond donors (Lipinski definition) is 4. The minimum Gasteiger partial charge on any atom is -0.497 e. The Balaban J connectivity index is 1.22. The van der Waals surface area contributed by atoms with Crippen molar-refractivity contribution in [3.63, 3.8) is 0 Å². The molecule has 3 unspecified atom stereocenters. The average molecular weight is 902 g/mol. The monoisotopic (exact) mass is 901 g/mol. The van der Waals surface area contributed by atoms with Crippen molar-refractivity contribution in [3.05, 3.63) is 72.1 Å². The number of rotatable bonds is 13. The topological polar surface area (TPSA) is 216 Å². The second-order valence-electron chi connectivity index (χ2n) is 17.6. The van der Waals surface area contributed by atoms with Crippen LogP contribution in [0.15, 0.2) is 66.6 Å². The zero-order valence-corrected chi connectivity index (χ0v) is 37.4. The molecular formula is C44H51N7O10S2. The summed E-state index contributed by atoms with van der Waals surface area (Å²) in [5.41, 5.74) is -0.371. The van der Waals surface area contributed by atoms with Gasteiger partial charge in [-0.1, -0.05) is 24.3 Å². The van der Waals surface area contributed by atoms with Crippen LogP contribution in [-0.4, -0.2) is 101 Å². The van der Waals surface area contributed by atoms with Gasteiger partial charge in [-0.15, -0.1) is 17.9 Å². The van der Waals surface area contributed by atoms with E-state index in [1.165, 1.54) is 22.3 Å². The van der Waals surface area contributed by atoms with E-state index in [0.29, 0.717) is 63.1 Å². The molecule has 4 N–H and O–H groups in total. The van der Waals surface area contributed by atoms with Gasteiger partial charge in [0, 0.05) is 46.8 Å². The van der Waals surface area contributed by atoms with Crippen molar-refractivity contribution in [1.29, 1.82) is 0 Å². The zero-order chi connectivity index (χ0) is 45.0. The summed E-state index contributed by atoms with van der Waals surface area (Å²) in [6, 6.07) is 10.7. The Hall–Kier alpha value is -5.95. The fourth-order valence-corrected chi connectivity index (χ4v) is 10.3. The molecule has 0 bridgehead atoms. The molecule has 2 saturated carbocycles. The summed E-state index contributed by atoms with van der Waals surface area (Å²) < 4.78 is 52.4. The highest BCUT2D eigenvalue weighted by Gasteiger charge is 2.63. The van der Waals surface area contributed by atoms with Crippen LogP contribution < -0.4 is 34.9 Å². The van der Waals surface area contributed by atoms with E-state index in [1.54, 1.807) is 70.3 Å². The van der Waals surface area contributed by atoms with E-state index in [9.17, 15) is 22.8 Å². The van der Waals surface area contributed by atoms with Crippen molar-refractivity contribution < 1.29 is 46.5 Å². The van der Waals surface area contributed by atoms with Gasteiger partial charge >= 0.3 is 6.09 Å². The molecule has 0 spiro atoms. The van der Waals surface area contributed by atoms with E-state index in [4.69, 9.17) is 28.9 Å². The number of thiazole rings is 1. The second kappa shape index (κ2) is 16.6. The van der Waals surface area contributed by atoms with E-state index in [-0.39, 0.29) is 25.5 Å². The SMILES string of the molecule is C=C[C@@H]1CC1(NC(=O)[C@@H]1C[C@@H](Oc2cc(-c3csc(NC(C)C)n3)nc3cc(OC)ccc23)C2c3ccccc3OCC(NC(=O)OC(C)(C)C)C(=O)N21)C(=O)NS(=O)(=O)C1CC1. The van der Waals surface area contributed by atoms with Crippen molar-refractivity contribution in [1.82, 2.24) is 30.2 Å². The van der Waals surface area contributed by atoms with E-state index in [0.717, 1.165) is 0 Å². The lowest BCUT2D eigenvalue weighted by atomic mass is 9.99. The first-order chi connectivity index (χ1) is 29.9. The van der Waals surface area contributed by atoms with Crippen molar-refractivity contribution in [3.8, 4) is 28.6 Å². The minimum absolute atomic E-state index is 0.0953. The number of sulfonamides is 1. The molecule has 19 heteroatoms. The molecule has 1 saturated heterocycles. The summed E-state index contributed by atoms with van der Waals surface area (Å²) in [4.78, 5) is 68.1. The van der Waals surface area contributed by atoms with Gasteiger partial charge < -0.3 is 39.8 Å². The van der Waals surface area contributed by atoms with Gasteiger partial charge in [0.15, 0.2) is 5.13 Å². The molecule has 4 aliphatic rings. The fourth-order valence-electron chi connectivity index (χ4n) is 8.07. The van der Waals surface area contributed by atoms with E-state index >= 15 is 4.79 Å². The lowest BCUT2D eigenvalue weighted by Crippen LogP contribution is -2.60. The second-order valence-corrected chi connectivity index (χ2v) is 20.4. The van der Waals surface area contributed by atoms with Crippen molar-refractivity contribution in [2.75, 3.05) is 19.0 Å². The molecule has 334 valence electrons. The van der Waals surface area contributed by atoms with Gasteiger partial charge in [-0.2, -0.15) is 0 Å². The number of pyridine rings is 1. The molecule has 63 heavy (non-hydrogen) atoms. The number of nitrogens with zero attached hydrogens (tertiary/aromatic N) is 3. The van der Waals surface area contributed by atoms with Crippen LogP contribution in [0.25, 0.3) is 22.3 Å². The van der Waals surface area contributed by atoms with Gasteiger partial charge in [0.25, 0.3) is 5.91 Å². The zero-order valence-electron chi connectivity index (χ0n) is 35.8. The number of carbonyl (C=O) groups is 4. The molecule has 3 fully saturated rings. The number of ether oxygens (including phenoxy) is 4. The Morgan fingerprint density at radius 3 is 2.52 bits per heavy atom. The number of hydrogen-bond acceptors (Lipinski definition) is 14. The summed E-state index contributed by atoms with van der Waals surface area (Å²) >= 11 is 1.43. The Morgan fingerprint density at radius 1 is 1.08 bits per heavy atom. The quantitative estimate of drug-likeness (QED) is 0.127. The largest absolute Gasteiger partial charge is 0.497 e. The maximum Gasteiger partial charge on any atom is 0.408 e. The molecule has 6 atom stereocenters. The third-order valence-electron chi connectivity index (χ3n) is 11.3. The first-order valence-corrected chi connectivity index (χ1v) is 23.2. The summed E-state index contributed by atoms with van der Waals surface area (Å²) in [6.45, 7) is 12.6. The third-order valence-corrected chi connectivity index (χ3v) is 13.9. The molecule has 2 aliphatic carbocycles. The minimum atomic E-state index is -3.97. The van der Waals surface area contributed by atoms with Crippen LogP contribution >= 0.6 is 11.3 Å². The van der Waals surface area contributed by atoms with Gasteiger partial charge in [0.1, 0.15) is 58.9 Å². The third kappa shape index (κ3) is 8.98. The lowest BCUT2D eigenvalue weighted by Gasteiger charge is -2.37. The Labute approximate surface area is 369 Å². The molecule has 8 rings (SSSR count). The fraction of sp³-hybridized carbons (Fsp3) is 0.455. The van der Waals surface area contributed by atoms with Crippen LogP contribution in [-0.2, 0) is 29.1 Å². The molecule has 17 nitrogen and oxygen atoms in total. The summed E-state index contributed by atoms with van der Waals surface area (Å²) in [5.74, 6) is -1.54. The number of methoxy groups -OCH3 is 1. The molecular weight excluding hydrogens is 851 g/mol. The molecule has 4 amide bonds. The van der Waals surface area contributed by atoms with Gasteiger partial charge in [-0.25, -0.2) is 23.2 Å². The number of carbonyl (C=O) groups excluding carboxylic acids is 4. The normalized spacial score (nSPS) is 24.2. The molecule has 4 aromatic rings. The molecule has 2 aliphatic heterocycles. The van der Waals surface area contributed by atoms with Gasteiger partial charge in [0.2, 0.25) is 21.8 Å². The highest BCUT2D eigenvalue weighted by Crippen LogP contribution is 2.48. The number of anilines is 1. The smallest absolute Gasteiger partial charge is 0.408 e. The van der Waals surface area contributed by atoms with Crippen LogP contribution in [0.3, 0.4) is 0 Å². The van der Waals surface area contributed by atoms with Gasteiger partial charge in [-0.05, 0) is 72.1 Å². The summed E-state index contributed by atoms with van der Waals surface area (Å²) in [5, 5.41) is 11.3. The number of alkyl carbamates (subject to hydrolysis) is 1. The summed E-state index contributed by atoms with van der Waals surface area (Å²) in [7, 11) is -2.41. The lowest BCUT2D eigenvalue weighted by molar-refractivity contribution is -0.144. The Morgan fingerprint density at radius 2 is 1.84 bits per heavy atom. The molecule has 0 radical (unpaired) electrons. The average Bonchev–Trinajstić information content (AvgIpc) is 4.12. The van der Waals surface area contributed by atoms with E-state index in [2.05, 4.69) is 27.3 Å². The Bertz CT molecular complexity index is 2590. The predicted octanol–water partition coefficient (Wildman–Crippen LogP) is 5.23. The van der Waals surface area contributed by atoms with Crippen LogP contribution in [0.5, 0.6) is 17.2 Å². The predicted molar refractivity (Wildman–Crippen MR) is 235 cm³/mol. The number of amides is 4. The van der Waals surface area contributed by atoms with Crippen molar-refractivity contribution >= 4 is 61.2 Å². The number of benzene rings is 2.